The van der Waals surface area contributed by atoms with Crippen molar-refractivity contribution in [2.75, 3.05) is 20.1 Å². The lowest BCUT2D eigenvalue weighted by molar-refractivity contribution is -0.115. The predicted molar refractivity (Wildman–Crippen MR) is 84.0 cm³/mol. The molecule has 1 saturated heterocycles. The number of fused-ring (bicyclic) bond motifs is 2. The SMILES string of the molecule is CN1CCC2(C=C(C(=O)NC3CC3)c3ccccc32)CC1. The van der Waals surface area contributed by atoms with Crippen LogP contribution in [-0.2, 0) is 10.2 Å². The van der Waals surface area contributed by atoms with E-state index >= 15 is 0 Å². The van der Waals surface area contributed by atoms with Gasteiger partial charge in [-0.05, 0) is 56.9 Å². The third-order valence-corrected chi connectivity index (χ3v) is 5.21. The number of nitrogens with zero attached hydrogens (tertiary/aromatic N) is 1. The van der Waals surface area contributed by atoms with E-state index in [1.165, 1.54) is 5.56 Å². The number of carbonyl (C=O) groups excluding carboxylic acids is 1. The topological polar surface area (TPSA) is 32.3 Å². The lowest BCUT2D eigenvalue weighted by atomic mass is 9.75. The molecule has 0 unspecified atom stereocenters. The molecule has 0 aromatic heterocycles. The fraction of sp³-hybridized carbons (Fsp3) is 0.500. The van der Waals surface area contributed by atoms with Crippen molar-refractivity contribution in [1.82, 2.24) is 10.2 Å². The van der Waals surface area contributed by atoms with Gasteiger partial charge in [-0.3, -0.25) is 4.79 Å². The Morgan fingerprint density at radius 1 is 1.24 bits per heavy atom. The number of hydrogen-bond donors (Lipinski definition) is 1. The second-order valence-electron chi connectivity index (χ2n) is 6.81. The summed E-state index contributed by atoms with van der Waals surface area (Å²) < 4.78 is 0. The number of piperidine rings is 1. The predicted octanol–water partition coefficient (Wildman–Crippen LogP) is 2.33. The number of rotatable bonds is 2. The molecule has 1 N–H and O–H groups in total. The molecule has 2 aliphatic carbocycles. The normalized spacial score (nSPS) is 23.8. The summed E-state index contributed by atoms with van der Waals surface area (Å²) in [7, 11) is 2.18. The van der Waals surface area contributed by atoms with Crippen LogP contribution in [0.25, 0.3) is 5.57 Å². The lowest BCUT2D eigenvalue weighted by Gasteiger charge is -2.37. The number of likely N-dealkylation sites (tertiary alicyclic amines) is 1. The first-order chi connectivity index (χ1) is 10.2. The molecule has 0 atom stereocenters. The van der Waals surface area contributed by atoms with Gasteiger partial charge < -0.3 is 10.2 Å². The maximum Gasteiger partial charge on any atom is 0.251 e. The van der Waals surface area contributed by atoms with Gasteiger partial charge in [0.1, 0.15) is 0 Å². The van der Waals surface area contributed by atoms with Crippen molar-refractivity contribution in [2.45, 2.75) is 37.1 Å². The fourth-order valence-electron chi connectivity index (χ4n) is 3.69. The zero-order chi connectivity index (χ0) is 14.4. The summed E-state index contributed by atoms with van der Waals surface area (Å²) in [5.41, 5.74) is 3.50. The molecule has 2 fully saturated rings. The zero-order valence-corrected chi connectivity index (χ0v) is 12.6. The molecule has 110 valence electrons. The largest absolute Gasteiger partial charge is 0.349 e. The van der Waals surface area contributed by atoms with E-state index in [2.05, 4.69) is 41.5 Å². The first kappa shape index (κ1) is 13.1. The molecule has 0 radical (unpaired) electrons. The van der Waals surface area contributed by atoms with E-state index in [1.54, 1.807) is 0 Å². The van der Waals surface area contributed by atoms with Gasteiger partial charge in [0, 0.05) is 17.0 Å². The van der Waals surface area contributed by atoms with Crippen LogP contribution in [0.1, 0.15) is 36.8 Å². The summed E-state index contributed by atoms with van der Waals surface area (Å²) in [5.74, 6) is 0.126. The molecule has 1 amide bonds. The molecule has 1 aromatic rings. The average Bonchev–Trinajstić information content (AvgIpc) is 3.25. The molecule has 1 heterocycles. The Hall–Kier alpha value is -1.61. The fourth-order valence-corrected chi connectivity index (χ4v) is 3.69. The summed E-state index contributed by atoms with van der Waals surface area (Å²) in [5, 5.41) is 3.15. The highest BCUT2D eigenvalue weighted by Crippen LogP contribution is 2.47. The molecule has 0 bridgehead atoms. The van der Waals surface area contributed by atoms with Crippen molar-refractivity contribution in [3.8, 4) is 0 Å². The van der Waals surface area contributed by atoms with Gasteiger partial charge in [0.15, 0.2) is 0 Å². The smallest absolute Gasteiger partial charge is 0.251 e. The van der Waals surface area contributed by atoms with Crippen LogP contribution in [-0.4, -0.2) is 37.0 Å². The molecule has 3 heteroatoms. The van der Waals surface area contributed by atoms with Crippen LogP contribution in [0.2, 0.25) is 0 Å². The standard InChI is InChI=1S/C18H22N2O/c1-20-10-8-18(9-11-20)12-15(17(21)19-13-6-7-13)14-4-2-3-5-16(14)18/h2-5,12-13H,6-11H2,1H3,(H,19,21). The second kappa shape index (κ2) is 4.70. The van der Waals surface area contributed by atoms with Gasteiger partial charge in [0.05, 0.1) is 0 Å². The van der Waals surface area contributed by atoms with Crippen LogP contribution in [0.15, 0.2) is 30.3 Å². The highest BCUT2D eigenvalue weighted by atomic mass is 16.1. The maximum absolute atomic E-state index is 12.6. The summed E-state index contributed by atoms with van der Waals surface area (Å²) in [6.45, 7) is 2.20. The van der Waals surface area contributed by atoms with Crippen molar-refractivity contribution < 1.29 is 4.79 Å². The first-order valence-electron chi connectivity index (χ1n) is 8.00. The average molecular weight is 282 g/mol. The molecule has 1 saturated carbocycles. The highest BCUT2D eigenvalue weighted by Gasteiger charge is 2.41. The van der Waals surface area contributed by atoms with Crippen LogP contribution in [0.5, 0.6) is 0 Å². The number of nitrogens with one attached hydrogen (secondary N) is 1. The Labute approximate surface area is 126 Å². The minimum absolute atomic E-state index is 0.0827. The van der Waals surface area contributed by atoms with E-state index in [-0.39, 0.29) is 11.3 Å². The highest BCUT2D eigenvalue weighted by molar-refractivity contribution is 6.21. The molecule has 3 aliphatic rings. The van der Waals surface area contributed by atoms with E-state index in [0.717, 1.165) is 49.9 Å². The van der Waals surface area contributed by atoms with Gasteiger partial charge in [-0.15, -0.1) is 0 Å². The van der Waals surface area contributed by atoms with Crippen LogP contribution in [0.4, 0.5) is 0 Å². The third-order valence-electron chi connectivity index (χ3n) is 5.21. The summed E-state index contributed by atoms with van der Waals surface area (Å²) >= 11 is 0. The Morgan fingerprint density at radius 3 is 2.67 bits per heavy atom. The summed E-state index contributed by atoms with van der Waals surface area (Å²) in [6.07, 6.45) is 6.76. The monoisotopic (exact) mass is 282 g/mol. The van der Waals surface area contributed by atoms with E-state index < -0.39 is 0 Å². The summed E-state index contributed by atoms with van der Waals surface area (Å²) in [4.78, 5) is 14.9. The van der Waals surface area contributed by atoms with E-state index in [4.69, 9.17) is 0 Å². The van der Waals surface area contributed by atoms with Gasteiger partial charge >= 0.3 is 0 Å². The zero-order valence-electron chi connectivity index (χ0n) is 12.6. The first-order valence-corrected chi connectivity index (χ1v) is 8.00. The molecule has 21 heavy (non-hydrogen) atoms. The maximum atomic E-state index is 12.6. The number of hydrogen-bond acceptors (Lipinski definition) is 2. The Balaban J connectivity index is 1.71. The second-order valence-corrected chi connectivity index (χ2v) is 6.81. The van der Waals surface area contributed by atoms with Gasteiger partial charge in [-0.25, -0.2) is 0 Å². The van der Waals surface area contributed by atoms with Crippen molar-refractivity contribution >= 4 is 11.5 Å². The number of carbonyl (C=O) groups is 1. The number of benzene rings is 1. The van der Waals surface area contributed by atoms with Crippen molar-refractivity contribution in [1.29, 1.82) is 0 Å². The molecular formula is C18H22N2O. The molecule has 4 rings (SSSR count). The van der Waals surface area contributed by atoms with E-state index in [9.17, 15) is 4.79 Å². The Kier molecular flexibility index (Phi) is 2.93. The molecule has 1 aliphatic heterocycles. The van der Waals surface area contributed by atoms with Crippen LogP contribution >= 0.6 is 0 Å². The summed E-state index contributed by atoms with van der Waals surface area (Å²) in [6, 6.07) is 8.90. The van der Waals surface area contributed by atoms with Crippen molar-refractivity contribution in [3.05, 3.63) is 41.5 Å². The quantitative estimate of drug-likeness (QED) is 0.903. The minimum Gasteiger partial charge on any atom is -0.349 e. The lowest BCUT2D eigenvalue weighted by Crippen LogP contribution is -2.38. The Bertz CT molecular complexity index is 607. The van der Waals surface area contributed by atoms with Gasteiger partial charge in [0.25, 0.3) is 5.91 Å². The number of amides is 1. The molecular weight excluding hydrogens is 260 g/mol. The van der Waals surface area contributed by atoms with Crippen LogP contribution in [0, 0.1) is 0 Å². The molecule has 1 aromatic carbocycles. The number of allylic oxidation sites excluding steroid dienone is 1. The van der Waals surface area contributed by atoms with Gasteiger partial charge in [0.2, 0.25) is 0 Å². The van der Waals surface area contributed by atoms with Gasteiger partial charge in [-0.1, -0.05) is 30.3 Å². The molecule has 3 nitrogen and oxygen atoms in total. The van der Waals surface area contributed by atoms with Gasteiger partial charge in [-0.2, -0.15) is 0 Å². The van der Waals surface area contributed by atoms with Crippen LogP contribution in [0.3, 0.4) is 0 Å². The van der Waals surface area contributed by atoms with Crippen LogP contribution < -0.4 is 5.32 Å². The Morgan fingerprint density at radius 2 is 1.95 bits per heavy atom. The van der Waals surface area contributed by atoms with Crippen molar-refractivity contribution in [2.24, 2.45) is 0 Å². The molecule has 1 spiro atoms. The van der Waals surface area contributed by atoms with E-state index in [1.807, 2.05) is 6.07 Å². The minimum atomic E-state index is 0.0827. The van der Waals surface area contributed by atoms with Crippen molar-refractivity contribution in [3.63, 3.8) is 0 Å². The third kappa shape index (κ3) is 2.20. The van der Waals surface area contributed by atoms with E-state index in [0.29, 0.717) is 6.04 Å².